The third kappa shape index (κ3) is 8.87. The van der Waals surface area contributed by atoms with Crippen molar-refractivity contribution in [1.29, 1.82) is 0 Å². The van der Waals surface area contributed by atoms with E-state index in [0.717, 1.165) is 24.3 Å². The number of rotatable bonds is 13. The zero-order chi connectivity index (χ0) is 32.7. The summed E-state index contributed by atoms with van der Waals surface area (Å²) in [6.07, 6.45) is 3.00. The Hall–Kier alpha value is -3.79. The lowest BCUT2D eigenvalue weighted by atomic mass is 9.98. The number of amides is 1. The van der Waals surface area contributed by atoms with Crippen molar-refractivity contribution in [2.45, 2.75) is 50.5 Å². The molecule has 6 N–H and O–H groups in total. The maximum absolute atomic E-state index is 15.9. The Balaban J connectivity index is 1.87. The summed E-state index contributed by atoms with van der Waals surface area (Å²) < 4.78 is 71.8. The molecular formula is C29H35F3N6O4S2. The van der Waals surface area contributed by atoms with E-state index in [1.54, 1.807) is 6.92 Å². The minimum Gasteiger partial charge on any atom is -0.397 e. The first-order valence-electron chi connectivity index (χ1n) is 13.5. The zero-order valence-electron chi connectivity index (χ0n) is 24.6. The number of aliphatic hydroxyl groups excluding tert-OH is 1. The summed E-state index contributed by atoms with van der Waals surface area (Å²) in [4.78, 5) is 19.6. The number of aromatic nitrogens is 1. The lowest BCUT2D eigenvalue weighted by Gasteiger charge is -2.14. The zero-order valence-corrected chi connectivity index (χ0v) is 26.3. The molecule has 0 saturated carbocycles. The van der Waals surface area contributed by atoms with Crippen LogP contribution in [0.1, 0.15) is 44.0 Å². The summed E-state index contributed by atoms with van der Waals surface area (Å²) in [6, 6.07) is 6.32. The molecule has 10 nitrogen and oxygen atoms in total. The number of hydrogen-bond acceptors (Lipinski definition) is 9. The maximum atomic E-state index is 15.9. The Kier molecular flexibility index (Phi) is 11.7. The highest BCUT2D eigenvalue weighted by Crippen LogP contribution is 2.39. The standard InChI is InChI=1S/C29H35F3N6O4S2/c1-17(36-23(40)12-14-39)15-35-16-34-13-11-21(33)26-25(37-28(43-26)29(2,3)4)18-7-5-10-22(24(18)32)38-44(41,42)27-19(30)8-6-9-20(27)31/h5-11,13,17,35,38-39H,12,14-16,33H2,1-4H3,(H,36,40)/b21-11-,34-13-/t17-/m0/s1. The fraction of sp³-hybridized carbons (Fsp3) is 0.345. The van der Waals surface area contributed by atoms with Gasteiger partial charge in [-0.3, -0.25) is 19.8 Å². The van der Waals surface area contributed by atoms with Gasteiger partial charge in [0.05, 0.1) is 40.2 Å². The highest BCUT2D eigenvalue weighted by atomic mass is 32.2. The topological polar surface area (TPSA) is 159 Å². The highest BCUT2D eigenvalue weighted by Gasteiger charge is 2.28. The van der Waals surface area contributed by atoms with Gasteiger partial charge < -0.3 is 16.2 Å². The van der Waals surface area contributed by atoms with Crippen molar-refractivity contribution in [2.24, 2.45) is 10.7 Å². The Morgan fingerprint density at radius 2 is 1.82 bits per heavy atom. The molecule has 3 rings (SSSR count). The molecule has 0 aliphatic rings. The number of allylic oxidation sites excluding steroid dienone is 1. The first-order chi connectivity index (χ1) is 20.7. The molecule has 1 atom stereocenters. The molecule has 44 heavy (non-hydrogen) atoms. The molecule has 15 heteroatoms. The fourth-order valence-corrected chi connectivity index (χ4v) is 6.13. The Morgan fingerprint density at radius 3 is 2.45 bits per heavy atom. The summed E-state index contributed by atoms with van der Waals surface area (Å²) in [6.45, 7) is 7.99. The van der Waals surface area contributed by atoms with E-state index >= 15 is 4.39 Å². The van der Waals surface area contributed by atoms with Gasteiger partial charge in [-0.2, -0.15) is 0 Å². The molecule has 0 aliphatic heterocycles. The van der Waals surface area contributed by atoms with Crippen LogP contribution in [-0.2, 0) is 20.2 Å². The number of anilines is 1. The average molecular weight is 653 g/mol. The number of carbonyl (C=O) groups is 1. The minimum atomic E-state index is -4.82. The second kappa shape index (κ2) is 14.8. The Bertz CT molecular complexity index is 1630. The van der Waals surface area contributed by atoms with Crippen molar-refractivity contribution in [3.8, 4) is 11.3 Å². The van der Waals surface area contributed by atoms with E-state index < -0.39 is 43.5 Å². The fourth-order valence-electron chi connectivity index (χ4n) is 3.85. The molecule has 0 fully saturated rings. The van der Waals surface area contributed by atoms with Crippen molar-refractivity contribution in [3.63, 3.8) is 0 Å². The first-order valence-corrected chi connectivity index (χ1v) is 15.8. The maximum Gasteiger partial charge on any atom is 0.267 e. The van der Waals surface area contributed by atoms with Gasteiger partial charge in [0.15, 0.2) is 10.7 Å². The van der Waals surface area contributed by atoms with Crippen LogP contribution in [-0.4, -0.2) is 56.5 Å². The van der Waals surface area contributed by atoms with Gasteiger partial charge in [-0.05, 0) is 37.3 Å². The number of thiazole rings is 1. The smallest absolute Gasteiger partial charge is 0.267 e. The Morgan fingerprint density at radius 1 is 1.16 bits per heavy atom. The molecule has 1 aromatic heterocycles. The predicted molar refractivity (Wildman–Crippen MR) is 166 cm³/mol. The van der Waals surface area contributed by atoms with Crippen LogP contribution in [0, 0.1) is 17.5 Å². The third-order valence-electron chi connectivity index (χ3n) is 5.98. The number of benzene rings is 2. The van der Waals surface area contributed by atoms with E-state index in [0.29, 0.717) is 16.4 Å². The van der Waals surface area contributed by atoms with Crippen LogP contribution >= 0.6 is 11.3 Å². The number of halogens is 3. The molecule has 3 aromatic rings. The number of nitrogens with zero attached hydrogens (tertiary/aromatic N) is 2. The number of nitrogens with one attached hydrogen (secondary N) is 3. The van der Waals surface area contributed by atoms with Crippen LogP contribution in [0.5, 0.6) is 0 Å². The highest BCUT2D eigenvalue weighted by molar-refractivity contribution is 7.92. The van der Waals surface area contributed by atoms with Gasteiger partial charge in [-0.25, -0.2) is 26.6 Å². The number of sulfonamides is 1. The predicted octanol–water partition coefficient (Wildman–Crippen LogP) is 4.13. The first kappa shape index (κ1) is 34.7. The Labute approximate surface area is 258 Å². The van der Waals surface area contributed by atoms with E-state index in [9.17, 15) is 22.0 Å². The number of aliphatic hydroxyl groups is 1. The lowest BCUT2D eigenvalue weighted by Crippen LogP contribution is -2.40. The second-order valence-electron chi connectivity index (χ2n) is 10.8. The monoisotopic (exact) mass is 652 g/mol. The van der Waals surface area contributed by atoms with Crippen LogP contribution in [0.4, 0.5) is 18.9 Å². The largest absolute Gasteiger partial charge is 0.397 e. The van der Waals surface area contributed by atoms with Crippen molar-refractivity contribution in [2.75, 3.05) is 24.5 Å². The molecule has 0 unspecified atom stereocenters. The molecule has 1 heterocycles. The van der Waals surface area contributed by atoms with Gasteiger partial charge in [0.25, 0.3) is 10.0 Å². The van der Waals surface area contributed by atoms with Gasteiger partial charge in [-0.1, -0.05) is 32.9 Å². The van der Waals surface area contributed by atoms with Crippen LogP contribution in [0.25, 0.3) is 17.0 Å². The average Bonchev–Trinajstić information content (AvgIpc) is 3.37. The van der Waals surface area contributed by atoms with Gasteiger partial charge >= 0.3 is 0 Å². The summed E-state index contributed by atoms with van der Waals surface area (Å²) in [5.41, 5.74) is 5.71. The summed E-state index contributed by atoms with van der Waals surface area (Å²) in [7, 11) is -4.82. The second-order valence-corrected chi connectivity index (χ2v) is 13.4. The van der Waals surface area contributed by atoms with Crippen LogP contribution in [0.3, 0.4) is 0 Å². The van der Waals surface area contributed by atoms with E-state index in [-0.39, 0.29) is 48.6 Å². The molecule has 0 aliphatic carbocycles. The van der Waals surface area contributed by atoms with Gasteiger partial charge in [-0.15, -0.1) is 11.3 Å². The van der Waals surface area contributed by atoms with E-state index in [2.05, 4.69) is 20.6 Å². The van der Waals surface area contributed by atoms with Crippen LogP contribution < -0.4 is 21.1 Å². The number of carbonyl (C=O) groups excluding carboxylic acids is 1. The summed E-state index contributed by atoms with van der Waals surface area (Å²) in [5.74, 6) is -3.90. The van der Waals surface area contributed by atoms with Crippen molar-refractivity contribution in [1.82, 2.24) is 15.6 Å². The SMILES string of the molecule is C[C@@H](CNC/N=C\C=C(/N)c1sc(C(C)(C)C)nc1-c1cccc(NS(=O)(=O)c2c(F)cccc2F)c1F)NC(=O)CCO. The number of nitrogens with two attached hydrogens (primary N) is 1. The molecule has 0 bridgehead atoms. The third-order valence-corrected chi connectivity index (χ3v) is 8.92. The minimum absolute atomic E-state index is 0.0283. The molecule has 1 amide bonds. The number of hydrogen-bond donors (Lipinski definition) is 5. The molecule has 0 saturated heterocycles. The van der Waals surface area contributed by atoms with E-state index in [4.69, 9.17) is 10.8 Å². The lowest BCUT2D eigenvalue weighted by molar-refractivity contribution is -0.122. The van der Waals surface area contributed by atoms with Gasteiger partial charge in [0, 0.05) is 36.2 Å². The normalized spacial score (nSPS) is 13.3. The van der Waals surface area contributed by atoms with Crippen LogP contribution in [0.15, 0.2) is 52.4 Å². The summed E-state index contributed by atoms with van der Waals surface area (Å²) in [5, 5.41) is 15.2. The molecule has 238 valence electrons. The van der Waals surface area contributed by atoms with Gasteiger partial charge in [0.1, 0.15) is 11.6 Å². The van der Waals surface area contributed by atoms with Crippen molar-refractivity contribution >= 4 is 44.9 Å². The molecule has 2 aromatic carbocycles. The van der Waals surface area contributed by atoms with Crippen molar-refractivity contribution in [3.05, 3.63) is 69.8 Å². The van der Waals surface area contributed by atoms with Gasteiger partial charge in [0.2, 0.25) is 5.91 Å². The van der Waals surface area contributed by atoms with Crippen LogP contribution in [0.2, 0.25) is 0 Å². The molecule has 0 spiro atoms. The number of aliphatic imine (C=N–C) groups is 1. The molecule has 0 radical (unpaired) electrons. The molecular weight excluding hydrogens is 617 g/mol. The quantitative estimate of drug-likeness (QED) is 0.137. The van der Waals surface area contributed by atoms with E-state index in [1.807, 2.05) is 25.5 Å². The van der Waals surface area contributed by atoms with Crippen molar-refractivity contribution < 1.29 is 31.5 Å². The summed E-state index contributed by atoms with van der Waals surface area (Å²) >= 11 is 1.24. The van der Waals surface area contributed by atoms with E-state index in [1.165, 1.54) is 35.8 Å².